The number of nitrogens with one attached hydrogen (secondary N) is 1. The molecule has 1 aliphatic rings. The molecule has 1 N–H and O–H groups in total. The molecule has 1 aliphatic heterocycles. The number of piperidine rings is 1. The van der Waals surface area contributed by atoms with Gasteiger partial charge in [-0.3, -0.25) is 9.69 Å². The Balaban J connectivity index is 1.19. The Labute approximate surface area is 175 Å². The molecule has 2 heterocycles. The lowest BCUT2D eigenvalue weighted by Crippen LogP contribution is -2.41. The summed E-state index contributed by atoms with van der Waals surface area (Å²) in [5.74, 6) is 1.48. The second-order valence-electron chi connectivity index (χ2n) is 7.52. The average molecular weight is 410 g/mol. The Morgan fingerprint density at radius 3 is 2.66 bits per heavy atom. The summed E-state index contributed by atoms with van der Waals surface area (Å²) in [7, 11) is 1.66. The number of methoxy groups -OCH3 is 1. The molecule has 3 aromatic rings. The van der Waals surface area contributed by atoms with Gasteiger partial charge in [-0.05, 0) is 62.2 Å². The Bertz CT molecular complexity index is 913. The fourth-order valence-electron chi connectivity index (χ4n) is 3.80. The first-order chi connectivity index (χ1) is 14.2. The van der Waals surface area contributed by atoms with Crippen molar-refractivity contribution in [1.82, 2.24) is 15.2 Å². The lowest BCUT2D eigenvalue weighted by Gasteiger charge is -2.30. The van der Waals surface area contributed by atoms with E-state index >= 15 is 0 Å². The monoisotopic (exact) mass is 409 g/mol. The van der Waals surface area contributed by atoms with Crippen molar-refractivity contribution in [3.8, 4) is 5.75 Å². The predicted octanol–water partition coefficient (Wildman–Crippen LogP) is 3.84. The molecule has 0 unspecified atom stereocenters. The van der Waals surface area contributed by atoms with E-state index in [1.807, 2.05) is 41.7 Å². The summed E-state index contributed by atoms with van der Waals surface area (Å²) in [6.07, 6.45) is 2.97. The lowest BCUT2D eigenvalue weighted by atomic mass is 9.97. The van der Waals surface area contributed by atoms with Crippen LogP contribution in [0.3, 0.4) is 0 Å². The molecule has 5 nitrogen and oxygen atoms in total. The van der Waals surface area contributed by atoms with E-state index in [0.717, 1.165) is 43.6 Å². The molecule has 0 atom stereocenters. The minimum atomic E-state index is 0.108. The molecule has 152 valence electrons. The van der Waals surface area contributed by atoms with Gasteiger partial charge in [-0.15, -0.1) is 11.3 Å². The number of rotatable bonds is 7. The van der Waals surface area contributed by atoms with Crippen molar-refractivity contribution >= 4 is 27.5 Å². The minimum Gasteiger partial charge on any atom is -0.497 e. The first-order valence-electron chi connectivity index (χ1n) is 10.2. The highest BCUT2D eigenvalue weighted by molar-refractivity contribution is 7.18. The van der Waals surface area contributed by atoms with Crippen molar-refractivity contribution in [3.63, 3.8) is 0 Å². The fraction of sp³-hybridized carbons (Fsp3) is 0.391. The average Bonchev–Trinajstić information content (AvgIpc) is 3.19. The van der Waals surface area contributed by atoms with Gasteiger partial charge in [-0.25, -0.2) is 4.98 Å². The van der Waals surface area contributed by atoms with E-state index in [2.05, 4.69) is 28.4 Å². The minimum absolute atomic E-state index is 0.108. The van der Waals surface area contributed by atoms with Crippen molar-refractivity contribution in [2.45, 2.75) is 25.2 Å². The van der Waals surface area contributed by atoms with Crippen molar-refractivity contribution in [3.05, 3.63) is 59.1 Å². The van der Waals surface area contributed by atoms with Gasteiger partial charge in [0.1, 0.15) is 5.75 Å². The van der Waals surface area contributed by atoms with Gasteiger partial charge in [-0.1, -0.05) is 24.3 Å². The molecule has 1 saturated heterocycles. The normalized spacial score (nSPS) is 15.5. The molecule has 4 rings (SSSR count). The third-order valence-corrected chi connectivity index (χ3v) is 6.71. The quantitative estimate of drug-likeness (QED) is 0.644. The Hall–Kier alpha value is -2.44. The number of hydrogen-bond donors (Lipinski definition) is 1. The van der Waals surface area contributed by atoms with Crippen LogP contribution in [0.25, 0.3) is 10.2 Å². The molecule has 0 radical (unpaired) electrons. The molecule has 0 spiro atoms. The molecule has 1 fully saturated rings. The van der Waals surface area contributed by atoms with E-state index in [-0.39, 0.29) is 5.91 Å². The van der Waals surface area contributed by atoms with Crippen LogP contribution in [-0.2, 0) is 11.2 Å². The lowest BCUT2D eigenvalue weighted by molar-refractivity contribution is -0.122. The van der Waals surface area contributed by atoms with Crippen LogP contribution in [0.1, 0.15) is 29.3 Å². The van der Waals surface area contributed by atoms with E-state index in [1.54, 1.807) is 7.11 Å². The van der Waals surface area contributed by atoms with Crippen molar-refractivity contribution < 1.29 is 9.53 Å². The first kappa shape index (κ1) is 19.9. The zero-order valence-corrected chi connectivity index (χ0v) is 17.6. The molecular formula is C23H27N3O2S. The highest BCUT2D eigenvalue weighted by Crippen LogP contribution is 2.33. The van der Waals surface area contributed by atoms with Crippen molar-refractivity contribution in [2.75, 3.05) is 33.3 Å². The van der Waals surface area contributed by atoms with Crippen LogP contribution < -0.4 is 10.1 Å². The largest absolute Gasteiger partial charge is 0.497 e. The number of hydrogen-bond acceptors (Lipinski definition) is 5. The maximum absolute atomic E-state index is 12.3. The van der Waals surface area contributed by atoms with E-state index in [1.165, 1.54) is 15.3 Å². The number of likely N-dealkylation sites (tertiary alicyclic amines) is 1. The summed E-state index contributed by atoms with van der Waals surface area (Å²) in [5, 5.41) is 4.29. The summed E-state index contributed by atoms with van der Waals surface area (Å²) in [4.78, 5) is 19.4. The number of fused-ring (bicyclic) bond motifs is 1. The van der Waals surface area contributed by atoms with Crippen LogP contribution >= 0.6 is 11.3 Å². The SMILES string of the molecule is COc1ccc(CCNC(=O)CN2CCC(c3nc4ccccc4s3)CC2)cc1. The van der Waals surface area contributed by atoms with Crippen LogP contribution in [-0.4, -0.2) is 49.1 Å². The number of para-hydroxylation sites is 1. The van der Waals surface area contributed by atoms with Gasteiger partial charge < -0.3 is 10.1 Å². The number of nitrogens with zero attached hydrogens (tertiary/aromatic N) is 2. The third kappa shape index (κ3) is 5.14. The Morgan fingerprint density at radius 1 is 1.17 bits per heavy atom. The zero-order chi connectivity index (χ0) is 20.1. The van der Waals surface area contributed by atoms with Crippen molar-refractivity contribution in [2.24, 2.45) is 0 Å². The number of aromatic nitrogens is 1. The Kier molecular flexibility index (Phi) is 6.42. The topological polar surface area (TPSA) is 54.5 Å². The number of ether oxygens (including phenoxy) is 1. The predicted molar refractivity (Wildman–Crippen MR) is 118 cm³/mol. The van der Waals surface area contributed by atoms with Crippen LogP contribution in [0, 0.1) is 0 Å². The van der Waals surface area contributed by atoms with Gasteiger partial charge in [-0.2, -0.15) is 0 Å². The van der Waals surface area contributed by atoms with Gasteiger partial charge >= 0.3 is 0 Å². The van der Waals surface area contributed by atoms with Crippen molar-refractivity contribution in [1.29, 1.82) is 0 Å². The van der Waals surface area contributed by atoms with E-state index in [9.17, 15) is 4.79 Å². The van der Waals surface area contributed by atoms with Crippen LogP contribution in [0.2, 0.25) is 0 Å². The summed E-state index contributed by atoms with van der Waals surface area (Å²) >= 11 is 1.81. The summed E-state index contributed by atoms with van der Waals surface area (Å²) < 4.78 is 6.43. The Morgan fingerprint density at radius 2 is 1.93 bits per heavy atom. The van der Waals surface area contributed by atoms with Gasteiger partial charge in [0.05, 0.1) is 28.9 Å². The molecule has 0 bridgehead atoms. The summed E-state index contributed by atoms with van der Waals surface area (Å²) in [5.41, 5.74) is 2.30. The molecule has 0 saturated carbocycles. The number of carbonyl (C=O) groups excluding carboxylic acids is 1. The maximum Gasteiger partial charge on any atom is 0.234 e. The highest BCUT2D eigenvalue weighted by Gasteiger charge is 2.24. The molecule has 0 aliphatic carbocycles. The number of benzene rings is 2. The van der Waals surface area contributed by atoms with Gasteiger partial charge in [0.15, 0.2) is 0 Å². The van der Waals surface area contributed by atoms with Gasteiger partial charge in [0.2, 0.25) is 5.91 Å². The number of carbonyl (C=O) groups is 1. The van der Waals surface area contributed by atoms with E-state index < -0.39 is 0 Å². The highest BCUT2D eigenvalue weighted by atomic mass is 32.1. The van der Waals surface area contributed by atoms with E-state index in [4.69, 9.17) is 9.72 Å². The molecule has 2 aromatic carbocycles. The van der Waals surface area contributed by atoms with Crippen LogP contribution in [0.4, 0.5) is 0 Å². The molecule has 1 amide bonds. The summed E-state index contributed by atoms with van der Waals surface area (Å²) in [6.45, 7) is 3.04. The number of thiazole rings is 1. The maximum atomic E-state index is 12.3. The molecule has 6 heteroatoms. The standard InChI is InChI=1S/C23H27N3O2S/c1-28-19-8-6-17(7-9-19)10-13-24-22(27)16-26-14-11-18(12-15-26)23-25-20-4-2-3-5-21(20)29-23/h2-9,18H,10-16H2,1H3,(H,24,27). The third-order valence-electron chi connectivity index (χ3n) is 5.51. The second-order valence-corrected chi connectivity index (χ2v) is 8.58. The van der Waals surface area contributed by atoms with Gasteiger partial charge in [0.25, 0.3) is 0 Å². The van der Waals surface area contributed by atoms with E-state index in [0.29, 0.717) is 19.0 Å². The van der Waals surface area contributed by atoms with Crippen LogP contribution in [0.15, 0.2) is 48.5 Å². The van der Waals surface area contributed by atoms with Crippen LogP contribution in [0.5, 0.6) is 5.75 Å². The zero-order valence-electron chi connectivity index (χ0n) is 16.8. The second kappa shape index (κ2) is 9.37. The molecule has 1 aromatic heterocycles. The fourth-order valence-corrected chi connectivity index (χ4v) is 4.94. The number of amides is 1. The summed E-state index contributed by atoms with van der Waals surface area (Å²) in [6, 6.07) is 16.3. The molecular weight excluding hydrogens is 382 g/mol. The smallest absolute Gasteiger partial charge is 0.234 e. The van der Waals surface area contributed by atoms with Gasteiger partial charge in [0, 0.05) is 12.5 Å². The first-order valence-corrected chi connectivity index (χ1v) is 11.0. The molecule has 29 heavy (non-hydrogen) atoms.